The average Bonchev–Trinajstić information content (AvgIpc) is 3.20. The van der Waals surface area contributed by atoms with Gasteiger partial charge >= 0.3 is 12.1 Å². The van der Waals surface area contributed by atoms with Crippen LogP contribution in [0, 0.1) is 6.92 Å². The first kappa shape index (κ1) is 26.6. The molecule has 1 amide bonds. The van der Waals surface area contributed by atoms with Crippen molar-refractivity contribution < 1.29 is 24.2 Å². The highest BCUT2D eigenvalue weighted by Crippen LogP contribution is 2.31. The Morgan fingerprint density at radius 3 is 2.21 bits per heavy atom. The van der Waals surface area contributed by atoms with Crippen LogP contribution in [0.15, 0.2) is 84.9 Å². The molecule has 4 aromatic rings. The molecule has 0 fully saturated rings. The number of hydrogen-bond acceptors (Lipinski definition) is 5. The summed E-state index contributed by atoms with van der Waals surface area (Å²) in [7, 11) is 1.81. The van der Waals surface area contributed by atoms with Crippen molar-refractivity contribution in [2.45, 2.75) is 39.1 Å². The van der Waals surface area contributed by atoms with Crippen molar-refractivity contribution in [3.8, 4) is 11.3 Å². The Balaban J connectivity index is 1.42. The van der Waals surface area contributed by atoms with Gasteiger partial charge < -0.3 is 14.6 Å². The van der Waals surface area contributed by atoms with Crippen LogP contribution in [0.4, 0.5) is 10.5 Å². The maximum Gasteiger partial charge on any atom is 0.412 e. The molecule has 0 aliphatic rings. The van der Waals surface area contributed by atoms with Crippen molar-refractivity contribution in [3.63, 3.8) is 0 Å². The van der Waals surface area contributed by atoms with E-state index in [0.29, 0.717) is 11.4 Å². The van der Waals surface area contributed by atoms with Gasteiger partial charge in [0.15, 0.2) is 6.10 Å². The van der Waals surface area contributed by atoms with E-state index in [2.05, 4.69) is 10.4 Å². The highest BCUT2D eigenvalue weighted by Gasteiger charge is 2.21. The molecule has 8 nitrogen and oxygen atoms in total. The number of aromatic nitrogens is 2. The second-order valence-electron chi connectivity index (χ2n) is 9.04. The molecule has 2 atom stereocenters. The zero-order valence-corrected chi connectivity index (χ0v) is 21.6. The molecule has 1 heterocycles. The average molecular weight is 514 g/mol. The lowest BCUT2D eigenvalue weighted by molar-refractivity contribution is -0.151. The Hall–Kier alpha value is -4.43. The zero-order chi connectivity index (χ0) is 27.1. The summed E-state index contributed by atoms with van der Waals surface area (Å²) in [6.45, 7) is 3.84. The predicted octanol–water partition coefficient (Wildman–Crippen LogP) is 5.92. The van der Waals surface area contributed by atoms with Gasteiger partial charge in [0.25, 0.3) is 0 Å². The number of hydrogen-bond donors (Lipinski definition) is 2. The molecule has 0 aliphatic carbocycles. The molecule has 2 N–H and O–H groups in total. The van der Waals surface area contributed by atoms with Crippen LogP contribution >= 0.6 is 0 Å². The lowest BCUT2D eigenvalue weighted by atomic mass is 10.1. The Bertz CT molecular complexity index is 1370. The van der Waals surface area contributed by atoms with Gasteiger partial charge in [-0.2, -0.15) is 5.10 Å². The van der Waals surface area contributed by atoms with Crippen LogP contribution in [-0.4, -0.2) is 33.1 Å². The number of benzene rings is 3. The molecule has 0 spiro atoms. The lowest BCUT2D eigenvalue weighted by Gasteiger charge is -2.15. The fourth-order valence-electron chi connectivity index (χ4n) is 4.05. The number of carbonyl (C=O) groups excluding carboxylic acids is 1. The Morgan fingerprint density at radius 1 is 0.947 bits per heavy atom. The maximum atomic E-state index is 12.7. The number of aliphatic carboxylic acids is 1. The third kappa shape index (κ3) is 6.66. The van der Waals surface area contributed by atoms with Crippen LogP contribution in [0.25, 0.3) is 11.3 Å². The molecule has 4 rings (SSSR count). The molecule has 0 saturated carbocycles. The minimum atomic E-state index is -1.00. The quantitative estimate of drug-likeness (QED) is 0.273. The molecule has 1 aromatic heterocycles. The van der Waals surface area contributed by atoms with Crippen LogP contribution in [0.1, 0.15) is 35.4 Å². The Morgan fingerprint density at radius 2 is 1.58 bits per heavy atom. The van der Waals surface area contributed by atoms with Crippen molar-refractivity contribution in [3.05, 3.63) is 107 Å². The zero-order valence-electron chi connectivity index (χ0n) is 21.6. The van der Waals surface area contributed by atoms with E-state index in [-0.39, 0.29) is 13.0 Å². The van der Waals surface area contributed by atoms with Gasteiger partial charge in [-0.05, 0) is 30.5 Å². The van der Waals surface area contributed by atoms with E-state index < -0.39 is 24.3 Å². The smallest absolute Gasteiger partial charge is 0.412 e. The van der Waals surface area contributed by atoms with Crippen LogP contribution < -0.4 is 5.32 Å². The van der Waals surface area contributed by atoms with Crippen molar-refractivity contribution >= 4 is 17.7 Å². The maximum absolute atomic E-state index is 12.7. The Labute approximate surface area is 221 Å². The van der Waals surface area contributed by atoms with Gasteiger partial charge in [-0.15, -0.1) is 0 Å². The summed E-state index contributed by atoms with van der Waals surface area (Å²) in [5.74, 6) is -1.00. The van der Waals surface area contributed by atoms with E-state index in [1.54, 1.807) is 4.68 Å². The fourth-order valence-corrected chi connectivity index (χ4v) is 4.05. The highest BCUT2D eigenvalue weighted by molar-refractivity contribution is 5.91. The van der Waals surface area contributed by atoms with Gasteiger partial charge in [-0.25, -0.2) is 9.59 Å². The van der Waals surface area contributed by atoms with E-state index in [9.17, 15) is 14.7 Å². The molecule has 0 bridgehead atoms. The summed E-state index contributed by atoms with van der Waals surface area (Å²) in [5.41, 5.74) is 5.37. The lowest BCUT2D eigenvalue weighted by Crippen LogP contribution is -2.26. The van der Waals surface area contributed by atoms with E-state index in [4.69, 9.17) is 9.47 Å². The van der Waals surface area contributed by atoms with Gasteiger partial charge in [0.2, 0.25) is 0 Å². The number of aryl methyl sites for hydroxylation is 1. The molecule has 8 heteroatoms. The van der Waals surface area contributed by atoms with Gasteiger partial charge in [0.1, 0.15) is 11.8 Å². The third-order valence-electron chi connectivity index (χ3n) is 6.33. The monoisotopic (exact) mass is 513 g/mol. The van der Waals surface area contributed by atoms with Crippen LogP contribution in [0.2, 0.25) is 0 Å². The van der Waals surface area contributed by atoms with Gasteiger partial charge in [0, 0.05) is 19.0 Å². The van der Waals surface area contributed by atoms with E-state index in [1.165, 1.54) is 0 Å². The first-order valence-electron chi connectivity index (χ1n) is 12.4. The summed E-state index contributed by atoms with van der Waals surface area (Å²) in [6, 6.07) is 26.4. The number of carboxylic acids is 1. The highest BCUT2D eigenvalue weighted by atomic mass is 16.6. The summed E-state index contributed by atoms with van der Waals surface area (Å²) in [5, 5.41) is 17.0. The molecule has 3 aromatic carbocycles. The van der Waals surface area contributed by atoms with Gasteiger partial charge in [-0.3, -0.25) is 10.00 Å². The Kier molecular flexibility index (Phi) is 8.55. The van der Waals surface area contributed by atoms with Gasteiger partial charge in [0.05, 0.1) is 18.0 Å². The largest absolute Gasteiger partial charge is 0.479 e. The third-order valence-corrected chi connectivity index (χ3v) is 6.33. The van der Waals surface area contributed by atoms with Gasteiger partial charge in [-0.1, -0.05) is 84.9 Å². The van der Waals surface area contributed by atoms with Crippen LogP contribution in [0.5, 0.6) is 0 Å². The standard InChI is InChI=1S/C30H31N3O5/c1-20-27(31-30(36)38-21(2)24-12-8-5-9-13-24)28(32-33(20)3)25-16-14-23(15-17-25)19-37-26(29(34)35)18-22-10-6-4-7-11-22/h4-17,21,26H,18-19H2,1-3H3,(H,31,36)(H,34,35). The number of carbonyl (C=O) groups is 2. The van der Waals surface area contributed by atoms with E-state index in [0.717, 1.165) is 27.9 Å². The minimum absolute atomic E-state index is 0.153. The number of nitrogens with one attached hydrogen (secondary N) is 1. The summed E-state index contributed by atoms with van der Waals surface area (Å²) >= 11 is 0. The molecular formula is C30H31N3O5. The van der Waals surface area contributed by atoms with Crippen molar-refractivity contribution in [1.29, 1.82) is 0 Å². The number of amides is 1. The topological polar surface area (TPSA) is 103 Å². The number of nitrogens with zero attached hydrogens (tertiary/aromatic N) is 2. The second kappa shape index (κ2) is 12.2. The fraction of sp³-hybridized carbons (Fsp3) is 0.233. The molecule has 2 unspecified atom stereocenters. The molecule has 0 aliphatic heterocycles. The van der Waals surface area contributed by atoms with Crippen molar-refractivity contribution in [2.75, 3.05) is 5.32 Å². The molecule has 38 heavy (non-hydrogen) atoms. The van der Waals surface area contributed by atoms with Crippen molar-refractivity contribution in [2.24, 2.45) is 7.05 Å². The summed E-state index contributed by atoms with van der Waals surface area (Å²) in [6.07, 6.45) is -1.64. The van der Waals surface area contributed by atoms with E-state index in [1.807, 2.05) is 106 Å². The predicted molar refractivity (Wildman–Crippen MR) is 145 cm³/mol. The van der Waals surface area contributed by atoms with Crippen molar-refractivity contribution in [1.82, 2.24) is 9.78 Å². The molecule has 0 radical (unpaired) electrons. The molecule has 196 valence electrons. The van der Waals surface area contributed by atoms with Crippen LogP contribution in [-0.2, 0) is 34.3 Å². The van der Waals surface area contributed by atoms with Crippen LogP contribution in [0.3, 0.4) is 0 Å². The SMILES string of the molecule is Cc1c(NC(=O)OC(C)c2ccccc2)c(-c2ccc(COC(Cc3ccccc3)C(=O)O)cc2)nn1C. The number of ether oxygens (including phenoxy) is 2. The number of carboxylic acid groups (broad SMARTS) is 1. The number of anilines is 1. The first-order chi connectivity index (χ1) is 18.3. The summed E-state index contributed by atoms with van der Waals surface area (Å²) < 4.78 is 13.0. The molecular weight excluding hydrogens is 482 g/mol. The minimum Gasteiger partial charge on any atom is -0.479 e. The summed E-state index contributed by atoms with van der Waals surface area (Å²) in [4.78, 5) is 24.4. The first-order valence-corrected chi connectivity index (χ1v) is 12.4. The normalized spacial score (nSPS) is 12.5. The second-order valence-corrected chi connectivity index (χ2v) is 9.04. The van der Waals surface area contributed by atoms with E-state index >= 15 is 0 Å². The molecule has 0 saturated heterocycles. The number of rotatable bonds is 10.